The van der Waals surface area contributed by atoms with Crippen LogP contribution in [0.25, 0.3) is 0 Å². The van der Waals surface area contributed by atoms with Crippen LogP contribution in [0.4, 0.5) is 0 Å². The molecule has 0 saturated heterocycles. The van der Waals surface area contributed by atoms with Crippen molar-refractivity contribution >= 4 is 0 Å². The van der Waals surface area contributed by atoms with Crippen LogP contribution in [0.2, 0.25) is 0 Å². The van der Waals surface area contributed by atoms with Gasteiger partial charge in [0.05, 0.1) is 19.0 Å². The lowest BCUT2D eigenvalue weighted by atomic mass is 10.4. The molecule has 44 valence electrons. The van der Waals surface area contributed by atoms with Crippen molar-refractivity contribution in [1.29, 1.82) is 15.8 Å². The number of rotatable bonds is 2. The molecule has 4 nitrogen and oxygen atoms in total. The molecule has 0 spiro atoms. The Bertz CT molecular complexity index is 174. The number of hydrogen-bond donors (Lipinski definition) is 0. The van der Waals surface area contributed by atoms with Gasteiger partial charge in [0.15, 0.2) is 12.4 Å². The maximum atomic E-state index is 8.10. The van der Waals surface area contributed by atoms with Gasteiger partial charge in [-0.15, -0.1) is 0 Å². The van der Waals surface area contributed by atoms with Crippen LogP contribution in [0, 0.1) is 34.2 Å². The minimum Gasteiger partial charge on any atom is -0.214 e. The summed E-state index contributed by atoms with van der Waals surface area (Å²) in [6.07, 6.45) is 3.42. The summed E-state index contributed by atoms with van der Waals surface area (Å²) < 4.78 is 0. The highest BCUT2D eigenvalue weighted by molar-refractivity contribution is 4.88. The SMILES string of the molecule is N#CCCN(C#N)C#N. The van der Waals surface area contributed by atoms with Gasteiger partial charge in [0.1, 0.15) is 0 Å². The second kappa shape index (κ2) is 4.43. The zero-order valence-corrected chi connectivity index (χ0v) is 4.70. The van der Waals surface area contributed by atoms with Crippen LogP contribution in [-0.4, -0.2) is 11.4 Å². The molecule has 0 fully saturated rings. The van der Waals surface area contributed by atoms with Gasteiger partial charge in [-0.1, -0.05) is 0 Å². The van der Waals surface area contributed by atoms with E-state index in [0.29, 0.717) is 0 Å². The molecule has 0 radical (unpaired) electrons. The fraction of sp³-hybridized carbons (Fsp3) is 0.400. The Balaban J connectivity index is 3.54. The second-order valence-electron chi connectivity index (χ2n) is 1.26. The zero-order valence-electron chi connectivity index (χ0n) is 4.70. The molecule has 9 heavy (non-hydrogen) atoms. The summed E-state index contributed by atoms with van der Waals surface area (Å²) in [4.78, 5) is 0.850. The molecule has 0 N–H and O–H groups in total. The molecule has 0 heterocycles. The van der Waals surface area contributed by atoms with Crippen molar-refractivity contribution in [2.45, 2.75) is 6.42 Å². The van der Waals surface area contributed by atoms with Gasteiger partial charge in [0.25, 0.3) is 0 Å². The second-order valence-corrected chi connectivity index (χ2v) is 1.26. The maximum absolute atomic E-state index is 8.10. The monoisotopic (exact) mass is 120 g/mol. The topological polar surface area (TPSA) is 74.6 Å². The number of nitriles is 3. The van der Waals surface area contributed by atoms with Gasteiger partial charge >= 0.3 is 0 Å². The standard InChI is InChI=1S/C5H4N4/c6-2-1-3-9(4-7)5-8/h1,3H2. The molecule has 0 amide bonds. The minimum atomic E-state index is 0.198. The average Bonchev–Trinajstić information content (AvgIpc) is 1.91. The quantitative estimate of drug-likeness (QED) is 0.384. The highest BCUT2D eigenvalue weighted by Crippen LogP contribution is 1.83. The molecule has 0 aliphatic rings. The van der Waals surface area contributed by atoms with E-state index in [1.54, 1.807) is 12.4 Å². The van der Waals surface area contributed by atoms with Crippen molar-refractivity contribution in [3.8, 4) is 18.5 Å². The van der Waals surface area contributed by atoms with E-state index in [2.05, 4.69) is 0 Å². The van der Waals surface area contributed by atoms with E-state index >= 15 is 0 Å². The molecule has 0 unspecified atom stereocenters. The molecule has 4 heteroatoms. The lowest BCUT2D eigenvalue weighted by molar-refractivity contribution is 0.553. The van der Waals surface area contributed by atoms with Gasteiger partial charge in [-0.25, -0.2) is 4.90 Å². The zero-order chi connectivity index (χ0) is 7.11. The molecule has 0 aromatic rings. The van der Waals surface area contributed by atoms with Crippen molar-refractivity contribution in [2.24, 2.45) is 0 Å². The molecule has 0 rings (SSSR count). The predicted octanol–water partition coefficient (Wildman–Crippen LogP) is 0.164. The lowest BCUT2D eigenvalue weighted by Gasteiger charge is -1.97. The van der Waals surface area contributed by atoms with Gasteiger partial charge in [-0.2, -0.15) is 15.8 Å². The summed E-state index contributed by atoms with van der Waals surface area (Å²) in [7, 11) is 0. The fourth-order valence-electron chi connectivity index (χ4n) is 0.284. The highest BCUT2D eigenvalue weighted by atomic mass is 15.1. The van der Waals surface area contributed by atoms with E-state index in [1.165, 1.54) is 0 Å². The Hall–Kier alpha value is -1.73. The van der Waals surface area contributed by atoms with E-state index in [0.717, 1.165) is 4.90 Å². The minimum absolute atomic E-state index is 0.198. The largest absolute Gasteiger partial charge is 0.214 e. The van der Waals surface area contributed by atoms with Crippen molar-refractivity contribution < 1.29 is 0 Å². The van der Waals surface area contributed by atoms with Gasteiger partial charge in [0, 0.05) is 0 Å². The Labute approximate surface area is 53.1 Å². The first-order valence-corrected chi connectivity index (χ1v) is 2.29. The van der Waals surface area contributed by atoms with Crippen LogP contribution in [0.15, 0.2) is 0 Å². The van der Waals surface area contributed by atoms with E-state index in [9.17, 15) is 0 Å². The summed E-state index contributed by atoms with van der Waals surface area (Å²) >= 11 is 0. The summed E-state index contributed by atoms with van der Waals surface area (Å²) in [5.41, 5.74) is 0. The van der Waals surface area contributed by atoms with E-state index in [-0.39, 0.29) is 13.0 Å². The molecule has 0 atom stereocenters. The van der Waals surface area contributed by atoms with Gasteiger partial charge in [-0.05, 0) is 0 Å². The summed E-state index contributed by atoms with van der Waals surface area (Å²) in [6.45, 7) is 0.198. The van der Waals surface area contributed by atoms with E-state index < -0.39 is 0 Å². The number of hydrogen-bond acceptors (Lipinski definition) is 4. The molecular weight excluding hydrogens is 116 g/mol. The normalized spacial score (nSPS) is 6.33. The van der Waals surface area contributed by atoms with Crippen LogP contribution in [-0.2, 0) is 0 Å². The molecule has 0 aromatic carbocycles. The first-order chi connectivity index (χ1) is 4.35. The van der Waals surface area contributed by atoms with Crippen LogP contribution in [0.5, 0.6) is 0 Å². The summed E-state index contributed by atoms with van der Waals surface area (Å²) in [6, 6.07) is 1.82. The molecule has 0 aliphatic heterocycles. The highest BCUT2D eigenvalue weighted by Gasteiger charge is 1.94. The fourth-order valence-corrected chi connectivity index (χ4v) is 0.284. The van der Waals surface area contributed by atoms with Crippen molar-refractivity contribution in [1.82, 2.24) is 4.90 Å². The molecular formula is C5H4N4. The number of nitrogens with zero attached hydrogens (tertiary/aromatic N) is 4. The van der Waals surface area contributed by atoms with Crippen LogP contribution < -0.4 is 0 Å². The average molecular weight is 120 g/mol. The summed E-state index contributed by atoms with van der Waals surface area (Å²) in [5, 5.41) is 24.2. The van der Waals surface area contributed by atoms with Gasteiger partial charge < -0.3 is 0 Å². The Morgan fingerprint density at radius 2 is 1.67 bits per heavy atom. The predicted molar refractivity (Wildman–Crippen MR) is 28.2 cm³/mol. The maximum Gasteiger partial charge on any atom is 0.193 e. The van der Waals surface area contributed by atoms with Crippen LogP contribution in [0.3, 0.4) is 0 Å². The molecule has 0 aliphatic carbocycles. The third kappa shape index (κ3) is 2.91. The summed E-state index contributed by atoms with van der Waals surface area (Å²) in [5.74, 6) is 0. The Morgan fingerprint density at radius 1 is 1.11 bits per heavy atom. The van der Waals surface area contributed by atoms with E-state index in [4.69, 9.17) is 15.8 Å². The van der Waals surface area contributed by atoms with E-state index in [1.807, 2.05) is 6.07 Å². The first-order valence-electron chi connectivity index (χ1n) is 2.29. The van der Waals surface area contributed by atoms with Crippen molar-refractivity contribution in [3.63, 3.8) is 0 Å². The van der Waals surface area contributed by atoms with Crippen LogP contribution in [0.1, 0.15) is 6.42 Å². The van der Waals surface area contributed by atoms with Crippen molar-refractivity contribution in [2.75, 3.05) is 6.54 Å². The van der Waals surface area contributed by atoms with Gasteiger partial charge in [0.2, 0.25) is 0 Å². The Morgan fingerprint density at radius 3 is 2.00 bits per heavy atom. The Kier molecular flexibility index (Phi) is 3.58. The van der Waals surface area contributed by atoms with Crippen molar-refractivity contribution in [3.05, 3.63) is 0 Å². The molecule has 0 aromatic heterocycles. The molecule has 0 bridgehead atoms. The molecule has 0 saturated carbocycles. The first kappa shape index (κ1) is 7.27. The smallest absolute Gasteiger partial charge is 0.193 e. The third-order valence-corrected chi connectivity index (χ3v) is 0.689. The van der Waals surface area contributed by atoms with Crippen LogP contribution >= 0.6 is 0 Å². The lowest BCUT2D eigenvalue weighted by Crippen LogP contribution is -2.10. The van der Waals surface area contributed by atoms with Gasteiger partial charge in [-0.3, -0.25) is 0 Å². The third-order valence-electron chi connectivity index (χ3n) is 0.689.